The highest BCUT2D eigenvalue weighted by atomic mass is 16.5. The summed E-state index contributed by atoms with van der Waals surface area (Å²) >= 11 is 0. The van der Waals surface area contributed by atoms with Crippen molar-refractivity contribution >= 4 is 21.5 Å². The van der Waals surface area contributed by atoms with E-state index in [1.807, 2.05) is 0 Å². The van der Waals surface area contributed by atoms with Gasteiger partial charge in [-0.05, 0) is 56.6 Å². The minimum atomic E-state index is 0.487. The van der Waals surface area contributed by atoms with Gasteiger partial charge in [0.15, 0.2) is 0 Å². The first-order chi connectivity index (χ1) is 14.4. The molecule has 0 amide bonds. The number of hydrogen-bond acceptors (Lipinski definition) is 2. The van der Waals surface area contributed by atoms with Gasteiger partial charge in [-0.2, -0.15) is 0 Å². The van der Waals surface area contributed by atoms with E-state index < -0.39 is 0 Å². The maximum Gasteiger partial charge on any atom is 0.127 e. The molecule has 0 aliphatic heterocycles. The molecule has 4 rings (SSSR count). The summed E-state index contributed by atoms with van der Waals surface area (Å²) in [4.78, 5) is 0. The summed E-state index contributed by atoms with van der Waals surface area (Å²) < 4.78 is 11.7. The smallest absolute Gasteiger partial charge is 0.127 e. The summed E-state index contributed by atoms with van der Waals surface area (Å²) in [6, 6.07) is 21.9. The number of methoxy groups -OCH3 is 2. The fourth-order valence-corrected chi connectivity index (χ4v) is 4.23. The van der Waals surface area contributed by atoms with Gasteiger partial charge in [0.25, 0.3) is 0 Å². The molecular formula is C28H30O2. The number of rotatable bonds is 5. The summed E-state index contributed by atoms with van der Waals surface area (Å²) in [5.74, 6) is 2.69. The van der Waals surface area contributed by atoms with Gasteiger partial charge < -0.3 is 9.47 Å². The number of fused-ring (bicyclic) bond motifs is 2. The van der Waals surface area contributed by atoms with Crippen molar-refractivity contribution in [3.8, 4) is 22.6 Å². The van der Waals surface area contributed by atoms with Crippen LogP contribution in [0.3, 0.4) is 0 Å². The van der Waals surface area contributed by atoms with Crippen LogP contribution in [0.15, 0.2) is 60.7 Å². The second-order valence-corrected chi connectivity index (χ2v) is 8.56. The molecule has 0 spiro atoms. The zero-order valence-corrected chi connectivity index (χ0v) is 18.7. The minimum Gasteiger partial charge on any atom is -0.496 e. The van der Waals surface area contributed by atoms with Crippen molar-refractivity contribution in [2.24, 2.45) is 0 Å². The van der Waals surface area contributed by atoms with Crippen LogP contribution in [0.4, 0.5) is 0 Å². The molecule has 0 radical (unpaired) electrons. The highest BCUT2D eigenvalue weighted by molar-refractivity contribution is 6.10. The predicted molar refractivity (Wildman–Crippen MR) is 128 cm³/mol. The summed E-state index contributed by atoms with van der Waals surface area (Å²) in [6.45, 7) is 8.91. The highest BCUT2D eigenvalue weighted by Crippen LogP contribution is 2.46. The Labute approximate surface area is 179 Å². The molecule has 30 heavy (non-hydrogen) atoms. The van der Waals surface area contributed by atoms with E-state index in [9.17, 15) is 0 Å². The van der Waals surface area contributed by atoms with Crippen LogP contribution in [0.1, 0.15) is 50.7 Å². The third-order valence-corrected chi connectivity index (χ3v) is 6.03. The second kappa shape index (κ2) is 8.02. The lowest BCUT2D eigenvalue weighted by Gasteiger charge is -2.19. The van der Waals surface area contributed by atoms with Crippen LogP contribution in [0, 0.1) is 0 Å². The Kier molecular flexibility index (Phi) is 5.42. The van der Waals surface area contributed by atoms with E-state index >= 15 is 0 Å². The summed E-state index contributed by atoms with van der Waals surface area (Å²) in [7, 11) is 3.48. The lowest BCUT2D eigenvalue weighted by atomic mass is 9.89. The van der Waals surface area contributed by atoms with Crippen molar-refractivity contribution < 1.29 is 9.47 Å². The van der Waals surface area contributed by atoms with Crippen LogP contribution >= 0.6 is 0 Å². The van der Waals surface area contributed by atoms with Gasteiger partial charge in [0.1, 0.15) is 11.5 Å². The van der Waals surface area contributed by atoms with Crippen LogP contribution in [0.25, 0.3) is 32.7 Å². The second-order valence-electron chi connectivity index (χ2n) is 8.56. The van der Waals surface area contributed by atoms with Gasteiger partial charge in [-0.15, -0.1) is 0 Å². The number of benzene rings is 4. The summed E-state index contributed by atoms with van der Waals surface area (Å²) in [6.07, 6.45) is 0. The van der Waals surface area contributed by atoms with Crippen molar-refractivity contribution in [3.05, 3.63) is 71.8 Å². The molecule has 0 bridgehead atoms. The van der Waals surface area contributed by atoms with Gasteiger partial charge in [0, 0.05) is 11.1 Å². The van der Waals surface area contributed by atoms with E-state index in [1.165, 1.54) is 32.7 Å². The molecule has 0 aliphatic rings. The fourth-order valence-electron chi connectivity index (χ4n) is 4.23. The zero-order chi connectivity index (χ0) is 21.4. The molecule has 0 saturated carbocycles. The first-order valence-electron chi connectivity index (χ1n) is 10.7. The molecule has 2 nitrogen and oxygen atoms in total. The first kappa shape index (κ1) is 20.3. The van der Waals surface area contributed by atoms with Gasteiger partial charge in [0.2, 0.25) is 0 Å². The van der Waals surface area contributed by atoms with Crippen LogP contribution < -0.4 is 9.47 Å². The van der Waals surface area contributed by atoms with E-state index in [1.54, 1.807) is 14.2 Å². The Morgan fingerprint density at radius 2 is 0.933 bits per heavy atom. The molecule has 0 N–H and O–H groups in total. The molecule has 0 unspecified atom stereocenters. The Morgan fingerprint density at radius 1 is 0.533 bits per heavy atom. The molecule has 0 saturated heterocycles. The van der Waals surface area contributed by atoms with Gasteiger partial charge in [-0.1, -0.05) is 76.2 Å². The van der Waals surface area contributed by atoms with Crippen molar-refractivity contribution in [2.45, 2.75) is 39.5 Å². The van der Waals surface area contributed by atoms with Crippen molar-refractivity contribution in [3.63, 3.8) is 0 Å². The summed E-state index contributed by atoms with van der Waals surface area (Å²) in [5, 5.41) is 4.79. The first-order valence-corrected chi connectivity index (χ1v) is 10.7. The molecule has 0 aliphatic carbocycles. The van der Waals surface area contributed by atoms with Crippen molar-refractivity contribution in [1.82, 2.24) is 0 Å². The van der Waals surface area contributed by atoms with E-state index in [0.717, 1.165) is 22.6 Å². The normalized spacial score (nSPS) is 11.6. The molecule has 0 fully saturated rings. The average molecular weight is 399 g/mol. The Balaban J connectivity index is 2.10. The molecule has 154 valence electrons. The third kappa shape index (κ3) is 3.41. The lowest BCUT2D eigenvalue weighted by molar-refractivity contribution is 0.411. The molecule has 2 heteroatoms. The van der Waals surface area contributed by atoms with E-state index in [4.69, 9.17) is 9.47 Å². The van der Waals surface area contributed by atoms with Crippen LogP contribution in [0.5, 0.6) is 11.5 Å². The highest BCUT2D eigenvalue weighted by Gasteiger charge is 2.19. The van der Waals surface area contributed by atoms with Gasteiger partial charge in [0.05, 0.1) is 14.2 Å². The van der Waals surface area contributed by atoms with E-state index in [-0.39, 0.29) is 0 Å². The topological polar surface area (TPSA) is 18.5 Å². The summed E-state index contributed by atoms with van der Waals surface area (Å²) in [5.41, 5.74) is 4.85. The molecule has 0 heterocycles. The zero-order valence-electron chi connectivity index (χ0n) is 18.7. The van der Waals surface area contributed by atoms with E-state index in [0.29, 0.717) is 11.8 Å². The standard InChI is InChI=1S/C28H30O2/c1-17(2)19-7-11-23-21(15-19)9-13-25(29-5)27(23)28-24-12-8-20(18(3)4)16-22(24)10-14-26(28)30-6/h7-18H,1-6H3. The molecule has 4 aromatic carbocycles. The largest absolute Gasteiger partial charge is 0.496 e. The minimum absolute atomic E-state index is 0.487. The molecule has 0 atom stereocenters. The maximum atomic E-state index is 5.84. The van der Waals surface area contributed by atoms with Crippen molar-refractivity contribution in [1.29, 1.82) is 0 Å². The SMILES string of the molecule is COc1ccc2cc(C(C)C)ccc2c1-c1c(OC)ccc2cc(C(C)C)ccc12. The molecule has 0 aromatic heterocycles. The van der Waals surface area contributed by atoms with Gasteiger partial charge >= 0.3 is 0 Å². The Bertz CT molecular complexity index is 1120. The van der Waals surface area contributed by atoms with Crippen LogP contribution in [0.2, 0.25) is 0 Å². The third-order valence-electron chi connectivity index (χ3n) is 6.03. The fraction of sp³-hybridized carbons (Fsp3) is 0.286. The number of ether oxygens (including phenoxy) is 2. The van der Waals surface area contributed by atoms with Crippen molar-refractivity contribution in [2.75, 3.05) is 14.2 Å². The van der Waals surface area contributed by atoms with Crippen LogP contribution in [-0.2, 0) is 0 Å². The predicted octanol–water partition coefficient (Wildman–Crippen LogP) is 7.92. The molecule has 4 aromatic rings. The quantitative estimate of drug-likeness (QED) is 0.340. The average Bonchev–Trinajstić information content (AvgIpc) is 2.76. The monoisotopic (exact) mass is 398 g/mol. The Hall–Kier alpha value is -3.00. The Morgan fingerprint density at radius 3 is 1.27 bits per heavy atom. The van der Waals surface area contributed by atoms with Gasteiger partial charge in [-0.25, -0.2) is 0 Å². The number of hydrogen-bond donors (Lipinski definition) is 0. The lowest BCUT2D eigenvalue weighted by Crippen LogP contribution is -1.96. The van der Waals surface area contributed by atoms with Gasteiger partial charge in [-0.3, -0.25) is 0 Å². The molecular weight excluding hydrogens is 368 g/mol. The van der Waals surface area contributed by atoms with Crippen LogP contribution in [-0.4, -0.2) is 14.2 Å². The maximum absolute atomic E-state index is 5.84. The van der Waals surface area contributed by atoms with E-state index in [2.05, 4.69) is 88.4 Å².